The largest absolute Gasteiger partial charge is 0.468 e. The van der Waals surface area contributed by atoms with Crippen molar-refractivity contribution in [3.05, 3.63) is 0 Å². The number of methoxy groups -OCH3 is 1. The minimum atomic E-state index is -0.368. The Morgan fingerprint density at radius 2 is 2.42 bits per heavy atom. The SMILES string of the molecule is COC(=O)Cn1nnnc1SCC1CCC(C)(C)O1. The molecule has 0 saturated carbocycles. The maximum Gasteiger partial charge on any atom is 0.327 e. The van der Waals surface area contributed by atoms with Crippen LogP contribution < -0.4 is 0 Å². The molecule has 0 aromatic carbocycles. The van der Waals surface area contributed by atoms with E-state index in [-0.39, 0.29) is 24.2 Å². The van der Waals surface area contributed by atoms with E-state index in [9.17, 15) is 4.79 Å². The summed E-state index contributed by atoms with van der Waals surface area (Å²) in [6, 6.07) is 0. The Labute approximate surface area is 116 Å². The normalized spacial score (nSPS) is 21.5. The molecule has 1 unspecified atom stereocenters. The minimum absolute atomic E-state index is 0.0306. The van der Waals surface area contributed by atoms with Gasteiger partial charge in [0.2, 0.25) is 5.16 Å². The standard InChI is InChI=1S/C11H18N4O3S/c1-11(2)5-4-8(18-11)7-19-10-12-13-14-15(10)6-9(16)17-3/h8H,4-7H2,1-3H3. The van der Waals surface area contributed by atoms with Crippen LogP contribution in [-0.4, -0.2) is 50.7 Å². The van der Waals surface area contributed by atoms with E-state index in [2.05, 4.69) is 34.1 Å². The van der Waals surface area contributed by atoms with Gasteiger partial charge >= 0.3 is 5.97 Å². The van der Waals surface area contributed by atoms with Crippen molar-refractivity contribution in [3.8, 4) is 0 Å². The Bertz CT molecular complexity index is 449. The number of rotatable bonds is 5. The van der Waals surface area contributed by atoms with Crippen LogP contribution >= 0.6 is 11.8 Å². The molecule has 0 N–H and O–H groups in total. The van der Waals surface area contributed by atoms with Crippen molar-refractivity contribution in [2.45, 2.75) is 50.1 Å². The highest BCUT2D eigenvalue weighted by Gasteiger charge is 2.31. The maximum absolute atomic E-state index is 11.2. The van der Waals surface area contributed by atoms with E-state index in [1.54, 1.807) is 0 Å². The molecule has 0 aliphatic carbocycles. The molecule has 1 aromatic rings. The third-order valence-electron chi connectivity index (χ3n) is 2.96. The van der Waals surface area contributed by atoms with Crippen LogP contribution in [0.1, 0.15) is 26.7 Å². The second-order valence-electron chi connectivity index (χ2n) is 5.04. The van der Waals surface area contributed by atoms with Gasteiger partial charge < -0.3 is 9.47 Å². The maximum atomic E-state index is 11.2. The number of carbonyl (C=O) groups excluding carboxylic acids is 1. The highest BCUT2D eigenvalue weighted by molar-refractivity contribution is 7.99. The highest BCUT2D eigenvalue weighted by Crippen LogP contribution is 2.32. The number of carbonyl (C=O) groups is 1. The summed E-state index contributed by atoms with van der Waals surface area (Å²) in [5.74, 6) is 0.415. The van der Waals surface area contributed by atoms with E-state index in [1.165, 1.54) is 23.6 Å². The van der Waals surface area contributed by atoms with Gasteiger partial charge in [-0.3, -0.25) is 4.79 Å². The monoisotopic (exact) mass is 286 g/mol. The molecule has 19 heavy (non-hydrogen) atoms. The van der Waals surface area contributed by atoms with Crippen LogP contribution in [0.4, 0.5) is 0 Å². The zero-order valence-corrected chi connectivity index (χ0v) is 12.1. The van der Waals surface area contributed by atoms with Crippen LogP contribution in [0.3, 0.4) is 0 Å². The summed E-state index contributed by atoms with van der Waals surface area (Å²) in [5.41, 5.74) is -0.0385. The summed E-state index contributed by atoms with van der Waals surface area (Å²) in [7, 11) is 1.34. The van der Waals surface area contributed by atoms with Crippen LogP contribution in [0.2, 0.25) is 0 Å². The highest BCUT2D eigenvalue weighted by atomic mass is 32.2. The summed E-state index contributed by atoms with van der Waals surface area (Å²) in [5, 5.41) is 11.9. The van der Waals surface area contributed by atoms with Crippen molar-refractivity contribution in [2.75, 3.05) is 12.9 Å². The number of esters is 1. The van der Waals surface area contributed by atoms with Crippen molar-refractivity contribution in [1.29, 1.82) is 0 Å². The Kier molecular flexibility index (Phi) is 4.41. The molecule has 1 aliphatic heterocycles. The van der Waals surface area contributed by atoms with Gasteiger partial charge in [-0.15, -0.1) is 5.10 Å². The number of aromatic nitrogens is 4. The zero-order chi connectivity index (χ0) is 13.9. The molecule has 2 rings (SSSR count). The molecule has 106 valence electrons. The van der Waals surface area contributed by atoms with Crippen molar-refractivity contribution < 1.29 is 14.3 Å². The first-order chi connectivity index (χ1) is 9.00. The molecular weight excluding hydrogens is 268 g/mol. The molecule has 1 aliphatic rings. The predicted octanol–water partition coefficient (Wildman–Crippen LogP) is 0.896. The van der Waals surface area contributed by atoms with Gasteiger partial charge in [0.25, 0.3) is 0 Å². The summed E-state index contributed by atoms with van der Waals surface area (Å²) >= 11 is 1.50. The van der Waals surface area contributed by atoms with Gasteiger partial charge in [0, 0.05) is 5.75 Å². The molecular formula is C11H18N4O3S. The van der Waals surface area contributed by atoms with E-state index < -0.39 is 0 Å². The number of ether oxygens (including phenoxy) is 2. The summed E-state index contributed by atoms with van der Waals surface area (Å²) in [6.07, 6.45) is 2.31. The molecule has 7 nitrogen and oxygen atoms in total. The van der Waals surface area contributed by atoms with Gasteiger partial charge in [-0.1, -0.05) is 11.8 Å². The van der Waals surface area contributed by atoms with Crippen molar-refractivity contribution in [1.82, 2.24) is 20.2 Å². The molecule has 0 bridgehead atoms. The first kappa shape index (κ1) is 14.3. The van der Waals surface area contributed by atoms with Gasteiger partial charge in [0.1, 0.15) is 6.54 Å². The van der Waals surface area contributed by atoms with E-state index in [0.717, 1.165) is 18.6 Å². The molecule has 8 heteroatoms. The quantitative estimate of drug-likeness (QED) is 0.587. The van der Waals surface area contributed by atoms with E-state index in [0.29, 0.717) is 5.16 Å². The number of hydrogen-bond acceptors (Lipinski definition) is 7. The van der Waals surface area contributed by atoms with Crippen LogP contribution in [0.25, 0.3) is 0 Å². The zero-order valence-electron chi connectivity index (χ0n) is 11.3. The molecule has 2 heterocycles. The lowest BCUT2D eigenvalue weighted by molar-refractivity contribution is -0.141. The fourth-order valence-corrected chi connectivity index (χ4v) is 2.86. The fourth-order valence-electron chi connectivity index (χ4n) is 1.95. The van der Waals surface area contributed by atoms with E-state index in [1.807, 2.05) is 0 Å². The number of nitrogens with zero attached hydrogens (tertiary/aromatic N) is 4. The smallest absolute Gasteiger partial charge is 0.327 e. The molecule has 1 fully saturated rings. The third kappa shape index (κ3) is 3.90. The molecule has 1 atom stereocenters. The van der Waals surface area contributed by atoms with Gasteiger partial charge in [-0.05, 0) is 37.1 Å². The van der Waals surface area contributed by atoms with Crippen LogP contribution in [-0.2, 0) is 20.8 Å². The van der Waals surface area contributed by atoms with E-state index in [4.69, 9.17) is 4.74 Å². The first-order valence-electron chi connectivity index (χ1n) is 6.14. The third-order valence-corrected chi connectivity index (χ3v) is 4.05. The topological polar surface area (TPSA) is 79.1 Å². The summed E-state index contributed by atoms with van der Waals surface area (Å²) < 4.78 is 11.9. The van der Waals surface area contributed by atoms with Crippen LogP contribution in [0.5, 0.6) is 0 Å². The lowest BCUT2D eigenvalue weighted by Gasteiger charge is -2.18. The number of tetrazole rings is 1. The lowest BCUT2D eigenvalue weighted by Crippen LogP contribution is -2.21. The van der Waals surface area contributed by atoms with Crippen molar-refractivity contribution >= 4 is 17.7 Å². The second-order valence-corrected chi connectivity index (χ2v) is 6.03. The molecule has 0 spiro atoms. The van der Waals surface area contributed by atoms with Crippen LogP contribution in [0.15, 0.2) is 5.16 Å². The fraction of sp³-hybridized carbons (Fsp3) is 0.818. The first-order valence-corrected chi connectivity index (χ1v) is 7.12. The van der Waals surface area contributed by atoms with Gasteiger partial charge in [0.15, 0.2) is 0 Å². The Morgan fingerprint density at radius 3 is 3.05 bits per heavy atom. The summed E-state index contributed by atoms with van der Waals surface area (Å²) in [4.78, 5) is 11.2. The minimum Gasteiger partial charge on any atom is -0.468 e. The number of hydrogen-bond donors (Lipinski definition) is 0. The lowest BCUT2D eigenvalue weighted by atomic mass is 10.1. The Balaban J connectivity index is 1.86. The Hall–Kier alpha value is -1.15. The van der Waals surface area contributed by atoms with Gasteiger partial charge in [0.05, 0.1) is 18.8 Å². The van der Waals surface area contributed by atoms with Crippen molar-refractivity contribution in [2.24, 2.45) is 0 Å². The predicted molar refractivity (Wildman–Crippen MR) is 68.7 cm³/mol. The molecule has 0 radical (unpaired) electrons. The van der Waals surface area contributed by atoms with Crippen molar-refractivity contribution in [3.63, 3.8) is 0 Å². The second kappa shape index (κ2) is 5.87. The average molecular weight is 286 g/mol. The van der Waals surface area contributed by atoms with E-state index >= 15 is 0 Å². The summed E-state index contributed by atoms with van der Waals surface area (Å²) in [6.45, 7) is 4.22. The Morgan fingerprint density at radius 1 is 1.63 bits per heavy atom. The molecule has 1 saturated heterocycles. The van der Waals surface area contributed by atoms with Gasteiger partial charge in [-0.25, -0.2) is 4.68 Å². The molecule has 1 aromatic heterocycles. The average Bonchev–Trinajstić information content (AvgIpc) is 2.93. The number of thioether (sulfide) groups is 1. The molecule has 0 amide bonds. The van der Waals surface area contributed by atoms with Gasteiger partial charge in [-0.2, -0.15) is 0 Å². The van der Waals surface area contributed by atoms with Crippen LogP contribution in [0, 0.1) is 0 Å².